The number of aliphatic hydroxyl groups excluding tert-OH is 1. The molecule has 1 rings (SSSR count). The first-order valence-electron chi connectivity index (χ1n) is 10.3. The number of non-ortho nitro benzene ring substituents is 1. The Bertz CT molecular complexity index is 1150. The van der Waals surface area contributed by atoms with Crippen molar-refractivity contribution < 1.29 is 44.9 Å². The molecule has 0 aromatic heterocycles. The zero-order valence-electron chi connectivity index (χ0n) is 20.0. The second-order valence-electron chi connectivity index (χ2n) is 7.73. The Labute approximate surface area is 207 Å². The van der Waals surface area contributed by atoms with Crippen LogP contribution in [0.3, 0.4) is 0 Å². The number of amides is 1. The van der Waals surface area contributed by atoms with Crippen LogP contribution in [0.1, 0.15) is 24.2 Å². The van der Waals surface area contributed by atoms with Gasteiger partial charge < -0.3 is 14.9 Å². The summed E-state index contributed by atoms with van der Waals surface area (Å²) < 4.78 is 54.9. The van der Waals surface area contributed by atoms with E-state index in [0.717, 1.165) is 28.4 Å². The lowest BCUT2D eigenvalue weighted by atomic mass is 10.1. The van der Waals surface area contributed by atoms with Crippen molar-refractivity contribution in [3.8, 4) is 0 Å². The summed E-state index contributed by atoms with van der Waals surface area (Å²) in [6.07, 6.45) is 1.53. The molecule has 1 aromatic carbocycles. The average molecular weight is 557 g/mol. The van der Waals surface area contributed by atoms with E-state index in [-0.39, 0.29) is 6.54 Å². The number of rotatable bonds is 15. The van der Waals surface area contributed by atoms with Crippen LogP contribution in [-0.4, -0.2) is 101 Å². The first-order chi connectivity index (χ1) is 16.5. The first kappa shape index (κ1) is 31.1. The van der Waals surface area contributed by atoms with Crippen LogP contribution >= 0.6 is 0 Å². The van der Waals surface area contributed by atoms with Crippen LogP contribution in [0.5, 0.6) is 0 Å². The Morgan fingerprint density at radius 1 is 0.972 bits per heavy atom. The standard InChI is InChI=1S/C18H28N4O12S2/c1-13(2)20(5-8-23)18(24)15-11-14(21(25)26)12-16(22(27)28)17(15)19(6-9-33-35(3,29)30)7-10-34-36(4,31)32/h11-13,23H,5-10H2,1-4H3. The van der Waals surface area contributed by atoms with Crippen LogP contribution in [0.4, 0.5) is 17.1 Å². The number of carbonyl (C=O) groups excluding carboxylic acids is 1. The normalized spacial score (nSPS) is 11.9. The molecule has 0 bridgehead atoms. The van der Waals surface area contributed by atoms with E-state index < -0.39 is 97.6 Å². The molecule has 204 valence electrons. The highest BCUT2D eigenvalue weighted by molar-refractivity contribution is 7.86. The Balaban J connectivity index is 3.80. The van der Waals surface area contributed by atoms with Crippen LogP contribution < -0.4 is 4.90 Å². The summed E-state index contributed by atoms with van der Waals surface area (Å²) in [6, 6.07) is 0.922. The van der Waals surface area contributed by atoms with Gasteiger partial charge in [-0.05, 0) is 13.8 Å². The molecular formula is C18H28N4O12S2. The van der Waals surface area contributed by atoms with Gasteiger partial charge in [-0.15, -0.1) is 0 Å². The van der Waals surface area contributed by atoms with Crippen molar-refractivity contribution in [1.29, 1.82) is 0 Å². The zero-order chi connectivity index (χ0) is 27.8. The van der Waals surface area contributed by atoms with Gasteiger partial charge in [0.2, 0.25) is 0 Å². The summed E-state index contributed by atoms with van der Waals surface area (Å²) >= 11 is 0. The molecule has 0 aliphatic carbocycles. The molecule has 0 aliphatic rings. The summed E-state index contributed by atoms with van der Waals surface area (Å²) in [4.78, 5) is 37.1. The van der Waals surface area contributed by atoms with Crippen LogP contribution in [-0.2, 0) is 28.6 Å². The molecule has 0 unspecified atom stereocenters. The van der Waals surface area contributed by atoms with Crippen molar-refractivity contribution in [2.45, 2.75) is 19.9 Å². The number of hydrogen-bond acceptors (Lipinski definition) is 13. The largest absolute Gasteiger partial charge is 0.395 e. The molecule has 18 heteroatoms. The van der Waals surface area contributed by atoms with Crippen molar-refractivity contribution in [2.24, 2.45) is 0 Å². The molecule has 0 heterocycles. The fraction of sp³-hybridized carbons (Fsp3) is 0.611. The maximum Gasteiger partial charge on any atom is 0.300 e. The number of benzene rings is 1. The topological polar surface area (TPSA) is 217 Å². The first-order valence-corrected chi connectivity index (χ1v) is 13.9. The Morgan fingerprint density at radius 3 is 1.83 bits per heavy atom. The predicted octanol–water partition coefficient (Wildman–Crippen LogP) is 0.105. The molecule has 0 atom stereocenters. The minimum absolute atomic E-state index is 0.194. The van der Waals surface area contributed by atoms with E-state index >= 15 is 0 Å². The van der Waals surface area contributed by atoms with Crippen molar-refractivity contribution >= 4 is 43.2 Å². The summed E-state index contributed by atoms with van der Waals surface area (Å²) in [6.45, 7) is 0.619. The third-order valence-corrected chi connectivity index (χ3v) is 5.76. The molecule has 0 aliphatic heterocycles. The molecule has 1 amide bonds. The van der Waals surface area contributed by atoms with Gasteiger partial charge in [-0.2, -0.15) is 16.8 Å². The number of aliphatic hydroxyl groups is 1. The van der Waals surface area contributed by atoms with Crippen molar-refractivity contribution in [3.63, 3.8) is 0 Å². The molecule has 36 heavy (non-hydrogen) atoms. The molecule has 0 spiro atoms. The number of hydrogen-bond donors (Lipinski definition) is 1. The van der Waals surface area contributed by atoms with Crippen molar-refractivity contribution in [3.05, 3.63) is 37.9 Å². The van der Waals surface area contributed by atoms with Crippen molar-refractivity contribution in [1.82, 2.24) is 4.90 Å². The summed E-state index contributed by atoms with van der Waals surface area (Å²) in [5, 5.41) is 32.7. The molecular weight excluding hydrogens is 528 g/mol. The Hall–Kier alpha value is -2.93. The SMILES string of the molecule is CC(C)N(CCO)C(=O)c1cc([N+](=O)[O-])cc([N+](=O)[O-])c1N(CCOS(C)(=O)=O)CCOS(C)(=O)=O. The minimum atomic E-state index is -3.93. The Kier molecular flexibility index (Phi) is 11.1. The molecule has 0 fully saturated rings. The smallest absolute Gasteiger partial charge is 0.300 e. The highest BCUT2D eigenvalue weighted by Crippen LogP contribution is 2.37. The summed E-state index contributed by atoms with van der Waals surface area (Å²) in [7, 11) is -7.86. The van der Waals surface area contributed by atoms with E-state index in [9.17, 15) is 47.0 Å². The van der Waals surface area contributed by atoms with E-state index in [1.165, 1.54) is 0 Å². The van der Waals surface area contributed by atoms with Crippen molar-refractivity contribution in [2.75, 3.05) is 56.9 Å². The molecule has 0 saturated heterocycles. The van der Waals surface area contributed by atoms with Gasteiger partial charge in [0.05, 0.1) is 53.8 Å². The number of anilines is 1. The fourth-order valence-electron chi connectivity index (χ4n) is 3.13. The molecule has 16 nitrogen and oxygen atoms in total. The molecule has 0 radical (unpaired) electrons. The van der Waals surface area contributed by atoms with Gasteiger partial charge in [0.1, 0.15) is 5.69 Å². The molecule has 1 N–H and O–H groups in total. The van der Waals surface area contributed by atoms with Gasteiger partial charge in [0.15, 0.2) is 0 Å². The van der Waals surface area contributed by atoms with E-state index in [1.807, 2.05) is 0 Å². The fourth-order valence-corrected chi connectivity index (χ4v) is 3.89. The van der Waals surface area contributed by atoms with E-state index in [1.54, 1.807) is 13.8 Å². The lowest BCUT2D eigenvalue weighted by Gasteiger charge is -2.30. The van der Waals surface area contributed by atoms with Crippen LogP contribution in [0.2, 0.25) is 0 Å². The Morgan fingerprint density at radius 2 is 1.47 bits per heavy atom. The number of nitro groups is 2. The number of nitrogens with zero attached hydrogens (tertiary/aromatic N) is 4. The summed E-state index contributed by atoms with van der Waals surface area (Å²) in [5.41, 5.74) is -2.55. The second-order valence-corrected chi connectivity index (χ2v) is 11.0. The monoisotopic (exact) mass is 556 g/mol. The van der Waals surface area contributed by atoms with E-state index in [4.69, 9.17) is 0 Å². The summed E-state index contributed by atoms with van der Waals surface area (Å²) in [5.74, 6) is -0.890. The van der Waals surface area contributed by atoms with Gasteiger partial charge in [0.25, 0.3) is 37.5 Å². The van der Waals surface area contributed by atoms with E-state index in [2.05, 4.69) is 8.37 Å². The highest BCUT2D eigenvalue weighted by Gasteiger charge is 2.33. The number of nitro benzene ring substituents is 2. The van der Waals surface area contributed by atoms with Gasteiger partial charge in [-0.25, -0.2) is 0 Å². The van der Waals surface area contributed by atoms with Gasteiger partial charge in [-0.1, -0.05) is 0 Å². The zero-order valence-corrected chi connectivity index (χ0v) is 21.7. The quantitative estimate of drug-likeness (QED) is 0.172. The minimum Gasteiger partial charge on any atom is -0.395 e. The van der Waals surface area contributed by atoms with E-state index in [0.29, 0.717) is 6.07 Å². The third-order valence-electron chi connectivity index (χ3n) is 4.57. The van der Waals surface area contributed by atoms with Gasteiger partial charge in [0, 0.05) is 31.7 Å². The lowest BCUT2D eigenvalue weighted by molar-refractivity contribution is -0.393. The maximum atomic E-state index is 13.4. The molecule has 1 aromatic rings. The second kappa shape index (κ2) is 12.9. The average Bonchev–Trinajstić information content (AvgIpc) is 2.73. The van der Waals surface area contributed by atoms with Crippen LogP contribution in [0, 0.1) is 20.2 Å². The number of carbonyl (C=O) groups is 1. The predicted molar refractivity (Wildman–Crippen MR) is 127 cm³/mol. The third kappa shape index (κ3) is 9.61. The van der Waals surface area contributed by atoms with Crippen LogP contribution in [0.25, 0.3) is 0 Å². The maximum absolute atomic E-state index is 13.4. The van der Waals surface area contributed by atoms with Gasteiger partial charge in [-0.3, -0.25) is 33.4 Å². The lowest BCUT2D eigenvalue weighted by Crippen LogP contribution is -2.41. The molecule has 0 saturated carbocycles. The van der Waals surface area contributed by atoms with Gasteiger partial charge >= 0.3 is 0 Å². The highest BCUT2D eigenvalue weighted by atomic mass is 32.2. The van der Waals surface area contributed by atoms with Crippen LogP contribution in [0.15, 0.2) is 12.1 Å².